The number of aliphatic hydroxyl groups excluding tert-OH is 1. The monoisotopic (exact) mass is 223 g/mol. The molecule has 0 saturated heterocycles. The lowest BCUT2D eigenvalue weighted by atomic mass is 10.1. The largest absolute Gasteiger partial charge is 0.392 e. The van der Waals surface area contributed by atoms with E-state index in [1.54, 1.807) is 13.0 Å². The first-order valence-electron chi connectivity index (χ1n) is 5.80. The number of aryl methyl sites for hydroxylation is 1. The molecule has 0 radical (unpaired) electrons. The van der Waals surface area contributed by atoms with Gasteiger partial charge in [0.15, 0.2) is 0 Å². The van der Waals surface area contributed by atoms with Crippen molar-refractivity contribution in [3.8, 4) is 0 Å². The van der Waals surface area contributed by atoms with Crippen LogP contribution in [0, 0.1) is 18.7 Å². The molecule has 2 rings (SSSR count). The molecule has 3 heteroatoms. The summed E-state index contributed by atoms with van der Waals surface area (Å²) in [6.07, 6.45) is 2.08. The maximum absolute atomic E-state index is 13.0. The fourth-order valence-corrected chi connectivity index (χ4v) is 1.83. The molecule has 0 spiro atoms. The molecule has 2 nitrogen and oxygen atoms in total. The van der Waals surface area contributed by atoms with Gasteiger partial charge in [-0.2, -0.15) is 0 Å². The van der Waals surface area contributed by atoms with E-state index < -0.39 is 0 Å². The Morgan fingerprint density at radius 1 is 1.50 bits per heavy atom. The van der Waals surface area contributed by atoms with Crippen LogP contribution in [-0.2, 0) is 6.54 Å². The zero-order valence-electron chi connectivity index (χ0n) is 9.54. The van der Waals surface area contributed by atoms with Gasteiger partial charge in [-0.1, -0.05) is 12.1 Å². The molecule has 1 saturated carbocycles. The quantitative estimate of drug-likeness (QED) is 0.800. The summed E-state index contributed by atoms with van der Waals surface area (Å²) in [5.41, 5.74) is 1.73. The molecule has 1 aliphatic carbocycles. The smallest absolute Gasteiger partial charge is 0.126 e. The van der Waals surface area contributed by atoms with Crippen LogP contribution in [0.3, 0.4) is 0 Å². The number of halogens is 1. The molecule has 16 heavy (non-hydrogen) atoms. The molecule has 1 atom stereocenters. The minimum absolute atomic E-state index is 0.165. The summed E-state index contributed by atoms with van der Waals surface area (Å²) >= 11 is 0. The van der Waals surface area contributed by atoms with Crippen molar-refractivity contribution in [1.29, 1.82) is 0 Å². The molecule has 1 aromatic carbocycles. The minimum Gasteiger partial charge on any atom is -0.392 e. The molecule has 88 valence electrons. The summed E-state index contributed by atoms with van der Waals surface area (Å²) in [7, 11) is 0. The second-order valence-corrected chi connectivity index (χ2v) is 4.62. The highest BCUT2D eigenvalue weighted by Gasteiger charge is 2.28. The summed E-state index contributed by atoms with van der Waals surface area (Å²) in [4.78, 5) is 0. The Balaban J connectivity index is 1.78. The van der Waals surface area contributed by atoms with E-state index in [4.69, 9.17) is 0 Å². The second kappa shape index (κ2) is 4.93. The third kappa shape index (κ3) is 3.03. The van der Waals surface area contributed by atoms with E-state index in [9.17, 15) is 9.50 Å². The Morgan fingerprint density at radius 2 is 2.25 bits per heavy atom. The highest BCUT2D eigenvalue weighted by molar-refractivity contribution is 5.23. The molecule has 2 N–H and O–H groups in total. The van der Waals surface area contributed by atoms with E-state index >= 15 is 0 Å². The SMILES string of the molecule is Cc1cc(CNCC(O)C2CC2)ccc1F. The van der Waals surface area contributed by atoms with Crippen LogP contribution in [0.1, 0.15) is 24.0 Å². The van der Waals surface area contributed by atoms with Crippen LogP contribution in [0.5, 0.6) is 0 Å². The first-order valence-corrected chi connectivity index (χ1v) is 5.80. The van der Waals surface area contributed by atoms with Gasteiger partial charge in [-0.3, -0.25) is 0 Å². The summed E-state index contributed by atoms with van der Waals surface area (Å²) in [5.74, 6) is 0.337. The van der Waals surface area contributed by atoms with Crippen molar-refractivity contribution < 1.29 is 9.50 Å². The molecule has 0 aromatic heterocycles. The summed E-state index contributed by atoms with van der Waals surface area (Å²) in [6, 6.07) is 5.11. The number of rotatable bonds is 5. The number of nitrogens with one attached hydrogen (secondary N) is 1. The summed E-state index contributed by atoms with van der Waals surface area (Å²) in [6.45, 7) is 3.07. The lowest BCUT2D eigenvalue weighted by Gasteiger charge is -2.11. The van der Waals surface area contributed by atoms with Crippen LogP contribution in [0.4, 0.5) is 4.39 Å². The van der Waals surface area contributed by atoms with Gasteiger partial charge >= 0.3 is 0 Å². The average Bonchev–Trinajstić information content (AvgIpc) is 3.07. The molecule has 1 unspecified atom stereocenters. The van der Waals surface area contributed by atoms with Crippen molar-refractivity contribution in [2.24, 2.45) is 5.92 Å². The van der Waals surface area contributed by atoms with Crippen LogP contribution in [0.15, 0.2) is 18.2 Å². The van der Waals surface area contributed by atoms with E-state index in [-0.39, 0.29) is 11.9 Å². The van der Waals surface area contributed by atoms with E-state index in [1.807, 2.05) is 6.07 Å². The molecular formula is C13H18FNO. The number of hydrogen-bond acceptors (Lipinski definition) is 2. The van der Waals surface area contributed by atoms with Gasteiger partial charge in [0.25, 0.3) is 0 Å². The van der Waals surface area contributed by atoms with Crippen molar-refractivity contribution in [3.05, 3.63) is 35.1 Å². The highest BCUT2D eigenvalue weighted by atomic mass is 19.1. The van der Waals surface area contributed by atoms with Crippen LogP contribution in [0.25, 0.3) is 0 Å². The van der Waals surface area contributed by atoms with Crippen molar-refractivity contribution in [2.75, 3.05) is 6.54 Å². The maximum Gasteiger partial charge on any atom is 0.126 e. The molecule has 1 aliphatic rings. The van der Waals surface area contributed by atoms with Gasteiger partial charge < -0.3 is 10.4 Å². The lowest BCUT2D eigenvalue weighted by molar-refractivity contribution is 0.148. The van der Waals surface area contributed by atoms with Crippen molar-refractivity contribution >= 4 is 0 Å². The average molecular weight is 223 g/mol. The molecule has 0 aliphatic heterocycles. The van der Waals surface area contributed by atoms with Gasteiger partial charge in [0.1, 0.15) is 5.82 Å². The number of benzene rings is 1. The Bertz CT molecular complexity index is 363. The van der Waals surface area contributed by atoms with Gasteiger partial charge in [-0.15, -0.1) is 0 Å². The van der Waals surface area contributed by atoms with Crippen LogP contribution >= 0.6 is 0 Å². The summed E-state index contributed by atoms with van der Waals surface area (Å²) in [5, 5.41) is 12.8. The van der Waals surface area contributed by atoms with Gasteiger partial charge in [-0.05, 0) is 42.9 Å². The number of hydrogen-bond donors (Lipinski definition) is 2. The highest BCUT2D eigenvalue weighted by Crippen LogP contribution is 2.32. The Morgan fingerprint density at radius 3 is 2.88 bits per heavy atom. The van der Waals surface area contributed by atoms with Crippen LogP contribution in [0.2, 0.25) is 0 Å². The van der Waals surface area contributed by atoms with Crippen molar-refractivity contribution in [1.82, 2.24) is 5.32 Å². The van der Waals surface area contributed by atoms with Crippen molar-refractivity contribution in [2.45, 2.75) is 32.4 Å². The Hall–Kier alpha value is -0.930. The Kier molecular flexibility index (Phi) is 3.56. The first-order chi connectivity index (χ1) is 7.66. The number of aliphatic hydroxyl groups is 1. The fraction of sp³-hybridized carbons (Fsp3) is 0.538. The maximum atomic E-state index is 13.0. The summed E-state index contributed by atoms with van der Waals surface area (Å²) < 4.78 is 13.0. The minimum atomic E-state index is -0.221. The van der Waals surface area contributed by atoms with Crippen LogP contribution in [-0.4, -0.2) is 17.8 Å². The molecule has 0 amide bonds. The molecule has 1 fully saturated rings. The molecule has 0 bridgehead atoms. The van der Waals surface area contributed by atoms with E-state index in [1.165, 1.54) is 6.07 Å². The Labute approximate surface area is 95.5 Å². The van der Waals surface area contributed by atoms with E-state index in [0.717, 1.165) is 18.4 Å². The molecule has 1 aromatic rings. The van der Waals surface area contributed by atoms with E-state index in [2.05, 4.69) is 5.32 Å². The van der Waals surface area contributed by atoms with Crippen molar-refractivity contribution in [3.63, 3.8) is 0 Å². The van der Waals surface area contributed by atoms with Gasteiger partial charge in [0, 0.05) is 13.1 Å². The predicted molar refractivity (Wildman–Crippen MR) is 61.6 cm³/mol. The van der Waals surface area contributed by atoms with E-state index in [0.29, 0.717) is 24.6 Å². The van der Waals surface area contributed by atoms with Crippen LogP contribution < -0.4 is 5.32 Å². The van der Waals surface area contributed by atoms with Gasteiger partial charge in [0.05, 0.1) is 6.10 Å². The topological polar surface area (TPSA) is 32.3 Å². The standard InChI is InChI=1S/C13H18FNO/c1-9-6-10(2-5-12(9)14)7-15-8-13(16)11-3-4-11/h2,5-6,11,13,15-16H,3-4,7-8H2,1H3. The fourth-order valence-electron chi connectivity index (χ4n) is 1.83. The first kappa shape index (κ1) is 11.6. The zero-order valence-corrected chi connectivity index (χ0v) is 9.54. The van der Waals surface area contributed by atoms with Gasteiger partial charge in [0.2, 0.25) is 0 Å². The zero-order chi connectivity index (χ0) is 11.5. The lowest BCUT2D eigenvalue weighted by Crippen LogP contribution is -2.27. The third-order valence-electron chi connectivity index (χ3n) is 3.07. The normalized spacial score (nSPS) is 17.4. The predicted octanol–water partition coefficient (Wildman–Crippen LogP) is 1.99. The molecular weight excluding hydrogens is 205 g/mol. The molecule has 0 heterocycles. The second-order valence-electron chi connectivity index (χ2n) is 4.62. The third-order valence-corrected chi connectivity index (χ3v) is 3.07. The van der Waals surface area contributed by atoms with Gasteiger partial charge in [-0.25, -0.2) is 4.39 Å².